The second-order valence-corrected chi connectivity index (χ2v) is 7.97. The van der Waals surface area contributed by atoms with Crippen LogP contribution in [0.5, 0.6) is 0 Å². The van der Waals surface area contributed by atoms with E-state index in [1.165, 1.54) is 5.01 Å². The Morgan fingerprint density at radius 2 is 2.12 bits per heavy atom. The molecular formula is C18H24N2O3S. The molecule has 2 fully saturated rings. The van der Waals surface area contributed by atoms with Crippen LogP contribution in [0.25, 0.3) is 0 Å². The lowest BCUT2D eigenvalue weighted by molar-refractivity contribution is -0.152. The number of hydrogen-bond donors (Lipinski definition) is 1. The number of rotatable bonds is 6. The number of ketones is 1. The fraction of sp³-hybridized carbons (Fsp3) is 0.556. The van der Waals surface area contributed by atoms with E-state index in [0.29, 0.717) is 31.2 Å². The molecule has 6 heteroatoms. The van der Waals surface area contributed by atoms with Crippen LogP contribution >= 0.6 is 11.8 Å². The Morgan fingerprint density at radius 3 is 2.83 bits per heavy atom. The predicted octanol–water partition coefficient (Wildman–Crippen LogP) is 2.02. The van der Waals surface area contributed by atoms with Crippen LogP contribution in [0.3, 0.4) is 0 Å². The highest BCUT2D eigenvalue weighted by atomic mass is 32.2. The van der Waals surface area contributed by atoms with Crippen LogP contribution in [0.4, 0.5) is 0 Å². The number of ether oxygens (including phenoxy) is 1. The van der Waals surface area contributed by atoms with E-state index < -0.39 is 6.10 Å². The molecule has 0 radical (unpaired) electrons. The maximum Gasteiger partial charge on any atom is 0.266 e. The highest BCUT2D eigenvalue weighted by Crippen LogP contribution is 2.31. The second kappa shape index (κ2) is 7.68. The van der Waals surface area contributed by atoms with Crippen molar-refractivity contribution in [2.24, 2.45) is 5.92 Å². The predicted molar refractivity (Wildman–Crippen MR) is 94.4 cm³/mol. The van der Waals surface area contributed by atoms with Crippen LogP contribution in [0.2, 0.25) is 0 Å². The molecule has 2 aliphatic heterocycles. The number of benzene rings is 1. The topological polar surface area (TPSA) is 58.6 Å². The second-order valence-electron chi connectivity index (χ2n) is 6.75. The number of hydrogen-bond acceptors (Lipinski definition) is 5. The fourth-order valence-corrected chi connectivity index (χ4v) is 4.35. The van der Waals surface area contributed by atoms with E-state index in [-0.39, 0.29) is 23.0 Å². The minimum Gasteiger partial charge on any atom is -0.364 e. The summed E-state index contributed by atoms with van der Waals surface area (Å²) in [6, 6.07) is 9.50. The van der Waals surface area contributed by atoms with Gasteiger partial charge in [0.05, 0.1) is 12.4 Å². The van der Waals surface area contributed by atoms with Crippen molar-refractivity contribution >= 4 is 23.5 Å². The Morgan fingerprint density at radius 1 is 1.38 bits per heavy atom. The van der Waals surface area contributed by atoms with Crippen molar-refractivity contribution in [1.82, 2.24) is 10.4 Å². The minimum absolute atomic E-state index is 0.122. The van der Waals surface area contributed by atoms with Gasteiger partial charge in [-0.15, -0.1) is 11.8 Å². The number of nitrogens with one attached hydrogen (secondary N) is 1. The maximum absolute atomic E-state index is 13.0. The van der Waals surface area contributed by atoms with Crippen LogP contribution in [-0.2, 0) is 20.9 Å². The number of nitrogens with zero attached hydrogens (tertiary/aromatic N) is 1. The lowest BCUT2D eigenvalue weighted by Gasteiger charge is -2.27. The van der Waals surface area contributed by atoms with Gasteiger partial charge in [-0.3, -0.25) is 14.6 Å². The number of carbonyl (C=O) groups excluding carboxylic acids is 2. The molecule has 2 heterocycles. The van der Waals surface area contributed by atoms with E-state index >= 15 is 0 Å². The van der Waals surface area contributed by atoms with E-state index in [4.69, 9.17) is 4.74 Å². The van der Waals surface area contributed by atoms with Gasteiger partial charge in [0.1, 0.15) is 12.1 Å². The summed E-state index contributed by atoms with van der Waals surface area (Å²) < 4.78 is 5.95. The van der Waals surface area contributed by atoms with Crippen molar-refractivity contribution in [3.05, 3.63) is 35.9 Å². The SMILES string of the molecule is CC(C)CC(OCc1ccccc1)C(=O)N1NC[C@H]2SCC(=O)[C@H]21. The summed E-state index contributed by atoms with van der Waals surface area (Å²) in [5.41, 5.74) is 4.14. The first-order valence-electron chi connectivity index (χ1n) is 8.42. The van der Waals surface area contributed by atoms with Crippen molar-refractivity contribution in [3.63, 3.8) is 0 Å². The zero-order valence-corrected chi connectivity index (χ0v) is 14.9. The summed E-state index contributed by atoms with van der Waals surface area (Å²) in [5.74, 6) is 0.847. The third kappa shape index (κ3) is 3.82. The highest BCUT2D eigenvalue weighted by molar-refractivity contribution is 8.01. The Balaban J connectivity index is 1.68. The molecule has 1 amide bonds. The van der Waals surface area contributed by atoms with Gasteiger partial charge in [0.2, 0.25) is 0 Å². The summed E-state index contributed by atoms with van der Waals surface area (Å²) in [4.78, 5) is 25.1. The first-order valence-corrected chi connectivity index (χ1v) is 9.47. The first-order chi connectivity index (χ1) is 11.6. The maximum atomic E-state index is 13.0. The molecule has 0 bridgehead atoms. The van der Waals surface area contributed by atoms with Gasteiger partial charge in [0.25, 0.3) is 5.91 Å². The van der Waals surface area contributed by atoms with Gasteiger partial charge in [-0.1, -0.05) is 44.2 Å². The largest absolute Gasteiger partial charge is 0.364 e. The molecule has 1 aromatic rings. The van der Waals surface area contributed by atoms with Crippen LogP contribution < -0.4 is 5.43 Å². The fourth-order valence-electron chi connectivity index (χ4n) is 3.15. The lowest BCUT2D eigenvalue weighted by Crippen LogP contribution is -2.51. The normalized spacial score (nSPS) is 24.5. The molecular weight excluding hydrogens is 324 g/mol. The molecule has 0 spiro atoms. The van der Waals surface area contributed by atoms with Crippen molar-refractivity contribution in [1.29, 1.82) is 0 Å². The van der Waals surface area contributed by atoms with Gasteiger partial charge < -0.3 is 4.74 Å². The van der Waals surface area contributed by atoms with Crippen LogP contribution in [-0.4, -0.2) is 46.4 Å². The summed E-state index contributed by atoms with van der Waals surface area (Å²) in [5, 5.41) is 1.71. The summed E-state index contributed by atoms with van der Waals surface area (Å²) in [7, 11) is 0. The number of thioether (sulfide) groups is 1. The van der Waals surface area contributed by atoms with Gasteiger partial charge >= 0.3 is 0 Å². The standard InChI is InChI=1S/C18H24N2O3S/c1-12(2)8-15(23-10-13-6-4-3-5-7-13)18(22)20-17-14(21)11-24-16(17)9-19-20/h3-7,12,15-17,19H,8-11H2,1-2H3/t15?,16-,17-/m1/s1. The van der Waals surface area contributed by atoms with Crippen molar-refractivity contribution in [3.8, 4) is 0 Å². The molecule has 3 rings (SSSR count). The molecule has 2 saturated heterocycles. The minimum atomic E-state index is -0.533. The molecule has 1 N–H and O–H groups in total. The summed E-state index contributed by atoms with van der Waals surface area (Å²) >= 11 is 1.63. The summed E-state index contributed by atoms with van der Waals surface area (Å²) in [6.45, 7) is 5.21. The molecule has 24 heavy (non-hydrogen) atoms. The molecule has 2 aliphatic rings. The molecule has 130 valence electrons. The first kappa shape index (κ1) is 17.5. The van der Waals surface area contributed by atoms with E-state index in [1.807, 2.05) is 30.3 Å². The van der Waals surface area contributed by atoms with E-state index in [2.05, 4.69) is 19.3 Å². The Labute approximate surface area is 147 Å². The van der Waals surface area contributed by atoms with E-state index in [9.17, 15) is 9.59 Å². The molecule has 0 saturated carbocycles. The highest BCUT2D eigenvalue weighted by Gasteiger charge is 2.47. The summed E-state index contributed by atoms with van der Waals surface area (Å²) in [6.07, 6.45) is 0.109. The zero-order chi connectivity index (χ0) is 17.1. The molecule has 0 aliphatic carbocycles. The molecule has 5 nitrogen and oxygen atoms in total. The van der Waals surface area contributed by atoms with Gasteiger partial charge in [-0.05, 0) is 17.9 Å². The van der Waals surface area contributed by atoms with Crippen molar-refractivity contribution in [2.75, 3.05) is 12.3 Å². The average Bonchev–Trinajstić information content (AvgIpc) is 3.15. The third-order valence-electron chi connectivity index (χ3n) is 4.36. The number of Topliss-reactive ketones (excluding diaryl/α,β-unsaturated/α-hetero) is 1. The van der Waals surface area contributed by atoms with Gasteiger partial charge in [0.15, 0.2) is 5.78 Å². The molecule has 1 aromatic carbocycles. The van der Waals surface area contributed by atoms with Crippen LogP contribution in [0.15, 0.2) is 30.3 Å². The average molecular weight is 348 g/mol. The smallest absolute Gasteiger partial charge is 0.266 e. The number of fused-ring (bicyclic) bond motifs is 1. The van der Waals surface area contributed by atoms with Crippen LogP contribution in [0, 0.1) is 5.92 Å². The molecule has 3 atom stereocenters. The lowest BCUT2D eigenvalue weighted by atomic mass is 10.0. The Bertz CT molecular complexity index is 593. The van der Waals surface area contributed by atoms with Crippen molar-refractivity contribution in [2.45, 2.75) is 44.3 Å². The van der Waals surface area contributed by atoms with Gasteiger partial charge in [0, 0.05) is 11.8 Å². The molecule has 0 aromatic heterocycles. The monoisotopic (exact) mass is 348 g/mol. The van der Waals surface area contributed by atoms with E-state index in [0.717, 1.165) is 5.56 Å². The Hall–Kier alpha value is -1.37. The zero-order valence-electron chi connectivity index (χ0n) is 14.1. The van der Waals surface area contributed by atoms with E-state index in [1.54, 1.807) is 11.8 Å². The van der Waals surface area contributed by atoms with Crippen molar-refractivity contribution < 1.29 is 14.3 Å². The van der Waals surface area contributed by atoms with Gasteiger partial charge in [-0.25, -0.2) is 5.43 Å². The molecule has 1 unspecified atom stereocenters. The number of amides is 1. The van der Waals surface area contributed by atoms with Gasteiger partial charge in [-0.2, -0.15) is 0 Å². The quantitative estimate of drug-likeness (QED) is 0.852. The van der Waals surface area contributed by atoms with Crippen LogP contribution in [0.1, 0.15) is 25.8 Å². The third-order valence-corrected chi connectivity index (χ3v) is 5.66. The number of hydrazine groups is 1. The number of carbonyl (C=O) groups is 2. The Kier molecular flexibility index (Phi) is 5.58.